The van der Waals surface area contributed by atoms with Crippen LogP contribution in [0.4, 0.5) is 0 Å². The maximum Gasteiger partial charge on any atom is 0.178 e. The molecule has 0 aromatic heterocycles. The van der Waals surface area contributed by atoms with Gasteiger partial charge in [-0.25, -0.2) is 0 Å². The van der Waals surface area contributed by atoms with Gasteiger partial charge in [0, 0.05) is 23.2 Å². The van der Waals surface area contributed by atoms with Gasteiger partial charge >= 0.3 is 0 Å². The zero-order valence-corrected chi connectivity index (χ0v) is 17.4. The van der Waals surface area contributed by atoms with Crippen LogP contribution in [0.5, 0.6) is 0 Å². The first-order chi connectivity index (χ1) is 12.6. The average Bonchev–Trinajstić information content (AvgIpc) is 2.84. The molecule has 0 saturated heterocycles. The highest BCUT2D eigenvalue weighted by molar-refractivity contribution is 6.01. The van der Waals surface area contributed by atoms with Gasteiger partial charge in [0.05, 0.1) is 6.10 Å². The third-order valence-corrected chi connectivity index (χ3v) is 8.71. The maximum atomic E-state index is 13.1. The molecule has 27 heavy (non-hydrogen) atoms. The van der Waals surface area contributed by atoms with Crippen molar-refractivity contribution in [2.45, 2.75) is 66.4 Å². The second-order valence-corrected chi connectivity index (χ2v) is 10.5. The van der Waals surface area contributed by atoms with Crippen molar-refractivity contribution in [1.82, 2.24) is 0 Å². The number of carbonyl (C=O) groups is 2. The summed E-state index contributed by atoms with van der Waals surface area (Å²) in [4.78, 5) is 25.0. The number of hydrogen-bond acceptors (Lipinski definition) is 3. The lowest BCUT2D eigenvalue weighted by Crippen LogP contribution is -2.56. The van der Waals surface area contributed by atoms with Gasteiger partial charge in [0.25, 0.3) is 0 Å². The van der Waals surface area contributed by atoms with Gasteiger partial charge in [-0.2, -0.15) is 0 Å². The van der Waals surface area contributed by atoms with E-state index in [0.29, 0.717) is 30.0 Å². The molecule has 148 valence electrons. The van der Waals surface area contributed by atoms with Gasteiger partial charge in [-0.1, -0.05) is 46.3 Å². The van der Waals surface area contributed by atoms with E-state index in [-0.39, 0.29) is 34.4 Å². The minimum atomic E-state index is -0.421. The van der Waals surface area contributed by atoms with Crippen molar-refractivity contribution >= 4 is 11.6 Å². The lowest BCUT2D eigenvalue weighted by molar-refractivity contribution is -0.142. The summed E-state index contributed by atoms with van der Waals surface area (Å²) in [6.07, 6.45) is 8.89. The van der Waals surface area contributed by atoms with E-state index >= 15 is 0 Å². The zero-order chi connectivity index (χ0) is 19.7. The molecule has 0 aliphatic heterocycles. The largest absolute Gasteiger partial charge is 0.393 e. The highest BCUT2D eigenvalue weighted by Gasteiger charge is 2.64. The Balaban J connectivity index is 1.73. The number of aliphatic hydroxyl groups is 1. The Morgan fingerprint density at radius 3 is 2.67 bits per heavy atom. The summed E-state index contributed by atoms with van der Waals surface area (Å²) >= 11 is 0. The Kier molecular flexibility index (Phi) is 4.34. The molecule has 1 N–H and O–H groups in total. The molecule has 7 unspecified atom stereocenters. The van der Waals surface area contributed by atoms with E-state index in [9.17, 15) is 14.7 Å². The molecule has 4 aliphatic rings. The molecule has 0 aromatic carbocycles. The van der Waals surface area contributed by atoms with Gasteiger partial charge < -0.3 is 5.11 Å². The molecular weight excluding hydrogens is 336 g/mol. The van der Waals surface area contributed by atoms with Crippen LogP contribution in [0.15, 0.2) is 23.8 Å². The van der Waals surface area contributed by atoms with Crippen LogP contribution in [0.2, 0.25) is 0 Å². The number of carbonyl (C=O) groups excluding carboxylic acids is 2. The molecule has 4 rings (SSSR count). The minimum absolute atomic E-state index is 0.0496. The number of allylic oxidation sites excluding steroid dienone is 4. The average molecular weight is 371 g/mol. The normalized spacial score (nSPS) is 48.7. The second kappa shape index (κ2) is 6.14. The molecule has 8 atom stereocenters. The highest BCUT2D eigenvalue weighted by atomic mass is 16.3. The van der Waals surface area contributed by atoms with Gasteiger partial charge in [0.2, 0.25) is 0 Å². The Morgan fingerprint density at radius 2 is 2.00 bits per heavy atom. The number of Topliss-reactive ketones (excluding diaryl/α,β-unsaturated/α-hetero) is 1. The van der Waals surface area contributed by atoms with Crippen LogP contribution in [0.3, 0.4) is 0 Å². The molecule has 3 saturated carbocycles. The van der Waals surface area contributed by atoms with E-state index in [2.05, 4.69) is 26.8 Å². The first-order valence-corrected chi connectivity index (χ1v) is 10.8. The predicted octanol–water partition coefficient (Wildman–Crippen LogP) is 4.35. The summed E-state index contributed by atoms with van der Waals surface area (Å²) in [6.45, 7) is 10.7. The molecule has 3 fully saturated rings. The van der Waals surface area contributed by atoms with Gasteiger partial charge in [0.15, 0.2) is 5.78 Å². The Hall–Kier alpha value is -1.22. The van der Waals surface area contributed by atoms with Crippen LogP contribution < -0.4 is 0 Å². The molecule has 4 aliphatic carbocycles. The summed E-state index contributed by atoms with van der Waals surface area (Å²) < 4.78 is 0. The van der Waals surface area contributed by atoms with Gasteiger partial charge in [0.1, 0.15) is 5.78 Å². The number of fused-ring (bicyclic) bond motifs is 5. The first-order valence-electron chi connectivity index (χ1n) is 10.8. The first kappa shape index (κ1) is 19.1. The van der Waals surface area contributed by atoms with Crippen LogP contribution in [0.25, 0.3) is 0 Å². The van der Waals surface area contributed by atoms with Crippen molar-refractivity contribution in [3.05, 3.63) is 23.8 Å². The summed E-state index contributed by atoms with van der Waals surface area (Å²) in [5.41, 5.74) is 0.869. The summed E-state index contributed by atoms with van der Waals surface area (Å²) in [7, 11) is 0. The Bertz CT molecular complexity index is 732. The Morgan fingerprint density at radius 1 is 1.30 bits per heavy atom. The van der Waals surface area contributed by atoms with Crippen molar-refractivity contribution < 1.29 is 14.7 Å². The number of hydrogen-bond donors (Lipinski definition) is 1. The van der Waals surface area contributed by atoms with Crippen molar-refractivity contribution in [2.75, 3.05) is 0 Å². The lowest BCUT2D eigenvalue weighted by atomic mass is 9.46. The van der Waals surface area contributed by atoms with E-state index in [1.54, 1.807) is 12.2 Å². The molecule has 0 heterocycles. The predicted molar refractivity (Wildman–Crippen MR) is 106 cm³/mol. The van der Waals surface area contributed by atoms with Crippen molar-refractivity contribution in [3.63, 3.8) is 0 Å². The molecule has 3 nitrogen and oxygen atoms in total. The van der Waals surface area contributed by atoms with E-state index in [1.165, 1.54) is 5.57 Å². The maximum absolute atomic E-state index is 13.1. The molecule has 0 aromatic rings. The molecule has 0 radical (unpaired) electrons. The standard InChI is InChI=1S/C24H34O3/c1-13(2)22(27)20-14(3)10-18-17-7-6-15-11-16(25)8-9-23(15,4)21(17)19(26)12-24(18,20)5/h8-9,11,13-14,17-21,26H,6-7,10,12H2,1-5H3/t14-,17?,18?,19?,20?,21?,23?,24?/m0/s1. The third kappa shape index (κ3) is 2.57. The topological polar surface area (TPSA) is 54.4 Å². The van der Waals surface area contributed by atoms with Crippen LogP contribution in [-0.4, -0.2) is 22.8 Å². The van der Waals surface area contributed by atoms with Gasteiger partial charge in [-0.05, 0) is 61.0 Å². The summed E-state index contributed by atoms with van der Waals surface area (Å²) in [6, 6.07) is 0. The Labute approximate surface area is 163 Å². The quantitative estimate of drug-likeness (QED) is 0.786. The van der Waals surface area contributed by atoms with E-state index in [1.807, 2.05) is 13.8 Å². The fourth-order valence-corrected chi connectivity index (χ4v) is 7.66. The molecule has 0 spiro atoms. The van der Waals surface area contributed by atoms with E-state index < -0.39 is 6.10 Å². The minimum Gasteiger partial charge on any atom is -0.393 e. The van der Waals surface area contributed by atoms with E-state index in [0.717, 1.165) is 19.3 Å². The van der Waals surface area contributed by atoms with Crippen LogP contribution in [-0.2, 0) is 9.59 Å². The molecule has 3 heteroatoms. The zero-order valence-electron chi connectivity index (χ0n) is 17.4. The number of aliphatic hydroxyl groups excluding tert-OH is 1. The van der Waals surface area contributed by atoms with Crippen LogP contribution in [0.1, 0.15) is 60.3 Å². The number of ketones is 2. The van der Waals surface area contributed by atoms with Crippen LogP contribution >= 0.6 is 0 Å². The molecule has 0 amide bonds. The van der Waals surface area contributed by atoms with Crippen molar-refractivity contribution in [3.8, 4) is 0 Å². The van der Waals surface area contributed by atoms with Crippen molar-refractivity contribution in [2.24, 2.45) is 46.3 Å². The third-order valence-electron chi connectivity index (χ3n) is 8.71. The number of rotatable bonds is 2. The summed E-state index contributed by atoms with van der Waals surface area (Å²) in [5, 5.41) is 11.4. The highest BCUT2D eigenvalue weighted by Crippen LogP contribution is 2.67. The smallest absolute Gasteiger partial charge is 0.178 e. The SMILES string of the molecule is CC(C)C(=O)C1[C@@H](C)CC2C3CCC4=CC(=O)C=CC4(C)C3C(O)CC21C. The van der Waals surface area contributed by atoms with E-state index in [4.69, 9.17) is 0 Å². The molecule has 0 bridgehead atoms. The fraction of sp³-hybridized carbons (Fsp3) is 0.750. The molecular formula is C24H34O3. The summed E-state index contributed by atoms with van der Waals surface area (Å²) in [5.74, 6) is 2.01. The monoisotopic (exact) mass is 370 g/mol. The second-order valence-electron chi connectivity index (χ2n) is 10.5. The fourth-order valence-electron chi connectivity index (χ4n) is 7.66. The van der Waals surface area contributed by atoms with Gasteiger partial charge in [-0.15, -0.1) is 0 Å². The van der Waals surface area contributed by atoms with Crippen LogP contribution in [0, 0.1) is 46.3 Å². The van der Waals surface area contributed by atoms with Crippen molar-refractivity contribution in [1.29, 1.82) is 0 Å². The lowest BCUT2D eigenvalue weighted by Gasteiger charge is -2.58. The van der Waals surface area contributed by atoms with Gasteiger partial charge in [-0.3, -0.25) is 9.59 Å².